The normalized spacial score (nSPS) is 8.08. The van der Waals surface area contributed by atoms with Crippen molar-refractivity contribution in [3.63, 3.8) is 0 Å². The van der Waals surface area contributed by atoms with Crippen LogP contribution < -0.4 is 5.32 Å². The Balaban J connectivity index is -0.000000173. The van der Waals surface area contributed by atoms with Crippen molar-refractivity contribution >= 4 is 24.0 Å². The molecule has 0 aromatic heterocycles. The highest BCUT2D eigenvalue weighted by atomic mass is 127. The topological polar surface area (TPSA) is 15.3 Å². The Labute approximate surface area is 101 Å². The minimum Gasteiger partial charge on any atom is -0.391 e. The van der Waals surface area contributed by atoms with Gasteiger partial charge in [-0.3, -0.25) is 0 Å². The van der Waals surface area contributed by atoms with E-state index in [1.807, 2.05) is 26.0 Å². The summed E-state index contributed by atoms with van der Waals surface area (Å²) in [6.07, 6.45) is 5.62. The molecular weight excluding hydrogens is 275 g/mol. The fraction of sp³-hybridized carbons (Fsp3) is 0.800. The smallest absolute Gasteiger partial charge is 0.0141 e. The van der Waals surface area contributed by atoms with Gasteiger partial charge in [-0.25, -0.2) is 0 Å². The number of unbranched alkanes of at least 4 members (excludes halogenated alkanes) is 2. The van der Waals surface area contributed by atoms with Crippen LogP contribution in [0.3, 0.4) is 0 Å². The molecule has 0 rings (SSSR count). The van der Waals surface area contributed by atoms with Crippen molar-refractivity contribution in [1.82, 2.24) is 10.2 Å². The predicted molar refractivity (Wildman–Crippen MR) is 72.8 cm³/mol. The first-order valence-corrected chi connectivity index (χ1v) is 4.60. The van der Waals surface area contributed by atoms with Gasteiger partial charge >= 0.3 is 0 Å². The molecule has 0 unspecified atom stereocenters. The minimum absolute atomic E-state index is 0. The van der Waals surface area contributed by atoms with E-state index in [0.29, 0.717) is 0 Å². The Morgan fingerprint density at radius 3 is 2.00 bits per heavy atom. The zero-order valence-electron chi connectivity index (χ0n) is 9.47. The van der Waals surface area contributed by atoms with Gasteiger partial charge in [0.25, 0.3) is 0 Å². The van der Waals surface area contributed by atoms with Crippen LogP contribution in [-0.4, -0.2) is 32.6 Å². The molecule has 82 valence electrons. The van der Waals surface area contributed by atoms with Crippen molar-refractivity contribution in [2.24, 2.45) is 0 Å². The highest BCUT2D eigenvalue weighted by Gasteiger charge is 1.79. The van der Waals surface area contributed by atoms with Crippen molar-refractivity contribution in [3.05, 3.63) is 12.8 Å². The first kappa shape index (κ1) is 18.9. The molecule has 13 heavy (non-hydrogen) atoms. The summed E-state index contributed by atoms with van der Waals surface area (Å²) in [4.78, 5) is 2.00. The highest BCUT2D eigenvalue weighted by Crippen LogP contribution is 1.90. The summed E-state index contributed by atoms with van der Waals surface area (Å²) in [5, 5.41) is 3.05. The van der Waals surface area contributed by atoms with E-state index in [9.17, 15) is 0 Å². The van der Waals surface area contributed by atoms with Crippen LogP contribution in [0, 0.1) is 0 Å². The van der Waals surface area contributed by atoms with Gasteiger partial charge in [0.15, 0.2) is 0 Å². The summed E-state index contributed by atoms with van der Waals surface area (Å²) >= 11 is 0. The number of nitrogens with zero attached hydrogens (tertiary/aromatic N) is 1. The van der Waals surface area contributed by atoms with Crippen LogP contribution in [0.25, 0.3) is 0 Å². The van der Waals surface area contributed by atoms with E-state index in [4.69, 9.17) is 0 Å². The highest BCUT2D eigenvalue weighted by molar-refractivity contribution is 14.0. The molecule has 0 aromatic rings. The van der Waals surface area contributed by atoms with Gasteiger partial charge in [0.05, 0.1) is 0 Å². The second-order valence-electron chi connectivity index (χ2n) is 3.21. The molecule has 0 aliphatic heterocycles. The van der Waals surface area contributed by atoms with Crippen LogP contribution >= 0.6 is 24.0 Å². The van der Waals surface area contributed by atoms with Crippen LogP contribution in [-0.2, 0) is 0 Å². The molecule has 0 aliphatic carbocycles. The van der Waals surface area contributed by atoms with E-state index >= 15 is 0 Å². The summed E-state index contributed by atoms with van der Waals surface area (Å²) in [7, 11) is 6.00. The fourth-order valence-electron chi connectivity index (χ4n) is 0.579. The predicted octanol–water partition coefficient (Wildman–Crippen LogP) is 2.71. The van der Waals surface area contributed by atoms with Crippen molar-refractivity contribution in [3.8, 4) is 0 Å². The van der Waals surface area contributed by atoms with Gasteiger partial charge in [-0.15, -0.1) is 24.0 Å². The van der Waals surface area contributed by atoms with Crippen molar-refractivity contribution in [2.45, 2.75) is 26.2 Å². The van der Waals surface area contributed by atoms with Gasteiger partial charge < -0.3 is 10.2 Å². The summed E-state index contributed by atoms with van der Waals surface area (Å²) in [6.45, 7) is 6.83. The minimum atomic E-state index is 0. The molecule has 3 heteroatoms. The lowest BCUT2D eigenvalue weighted by atomic mass is 10.2. The lowest BCUT2D eigenvalue weighted by Crippen LogP contribution is -2.05. The Hall–Kier alpha value is 0.230. The average Bonchev–Trinajstić information content (AvgIpc) is 1.97. The largest absolute Gasteiger partial charge is 0.391 e. The van der Waals surface area contributed by atoms with Crippen LogP contribution in [0.4, 0.5) is 0 Å². The van der Waals surface area contributed by atoms with Gasteiger partial charge in [0.1, 0.15) is 0 Å². The first-order chi connectivity index (χ1) is 5.65. The summed E-state index contributed by atoms with van der Waals surface area (Å²) < 4.78 is 0. The molecule has 2 nitrogen and oxygen atoms in total. The molecule has 0 spiro atoms. The van der Waals surface area contributed by atoms with Crippen LogP contribution in [0.5, 0.6) is 0 Å². The lowest BCUT2D eigenvalue weighted by molar-refractivity contribution is 0.505. The van der Waals surface area contributed by atoms with E-state index in [1.165, 1.54) is 19.3 Å². The second-order valence-corrected chi connectivity index (χ2v) is 3.21. The van der Waals surface area contributed by atoms with Gasteiger partial charge in [0, 0.05) is 6.54 Å². The first-order valence-electron chi connectivity index (χ1n) is 4.60. The molecule has 1 N–H and O–H groups in total. The van der Waals surface area contributed by atoms with Crippen LogP contribution in [0.15, 0.2) is 12.8 Å². The number of rotatable bonds is 5. The van der Waals surface area contributed by atoms with Crippen LogP contribution in [0.2, 0.25) is 0 Å². The van der Waals surface area contributed by atoms with Crippen molar-refractivity contribution < 1.29 is 0 Å². The molecule has 0 aliphatic rings. The zero-order valence-corrected chi connectivity index (χ0v) is 11.8. The van der Waals surface area contributed by atoms with Gasteiger partial charge in [-0.05, 0) is 33.8 Å². The Kier molecular flexibility index (Phi) is 26.3. The second kappa shape index (κ2) is 18.1. The molecule has 0 atom stereocenters. The molecule has 0 aromatic carbocycles. The monoisotopic (exact) mass is 300 g/mol. The zero-order chi connectivity index (χ0) is 9.82. The quantitative estimate of drug-likeness (QED) is 0.620. The van der Waals surface area contributed by atoms with E-state index in [-0.39, 0.29) is 24.0 Å². The number of halogens is 1. The number of hydrogen-bond acceptors (Lipinski definition) is 2. The Morgan fingerprint density at radius 2 is 1.69 bits per heavy atom. The van der Waals surface area contributed by atoms with E-state index in [1.54, 1.807) is 6.20 Å². The molecule has 0 saturated heterocycles. The number of nitrogens with one attached hydrogen (secondary N) is 1. The molecule has 0 radical (unpaired) electrons. The summed E-state index contributed by atoms with van der Waals surface area (Å²) in [5.74, 6) is 0. The van der Waals surface area contributed by atoms with Crippen molar-refractivity contribution in [2.75, 3.05) is 27.7 Å². The van der Waals surface area contributed by atoms with Crippen molar-refractivity contribution in [1.29, 1.82) is 0 Å². The molecule has 0 amide bonds. The van der Waals surface area contributed by atoms with Crippen LogP contribution in [0.1, 0.15) is 26.2 Å². The van der Waals surface area contributed by atoms with Gasteiger partial charge in [-0.1, -0.05) is 26.3 Å². The maximum Gasteiger partial charge on any atom is 0.0141 e. The molecule has 0 saturated carbocycles. The van der Waals surface area contributed by atoms with E-state index in [0.717, 1.165) is 6.54 Å². The third-order valence-corrected chi connectivity index (χ3v) is 1.07. The number of hydrogen-bond donors (Lipinski definition) is 1. The summed E-state index contributed by atoms with van der Waals surface area (Å²) in [6, 6.07) is 0. The third-order valence-electron chi connectivity index (χ3n) is 1.07. The third kappa shape index (κ3) is 46.8. The molecule has 0 heterocycles. The van der Waals surface area contributed by atoms with Gasteiger partial charge in [-0.2, -0.15) is 0 Å². The average molecular weight is 300 g/mol. The lowest BCUT2D eigenvalue weighted by Gasteiger charge is -1.95. The Morgan fingerprint density at radius 1 is 1.23 bits per heavy atom. The van der Waals surface area contributed by atoms with E-state index in [2.05, 4.69) is 18.8 Å². The standard InChI is InChI=1S/C7H15N.C3H9N.HI/c1-3-5-6-7-8-4-2;1-4(2)3;/h4,8H,2-3,5-7H2,1H3;1-3H3;1H. The van der Waals surface area contributed by atoms with E-state index < -0.39 is 0 Å². The maximum atomic E-state index is 3.55. The maximum absolute atomic E-state index is 3.55. The summed E-state index contributed by atoms with van der Waals surface area (Å²) in [5.41, 5.74) is 0. The Bertz CT molecular complexity index is 82.2. The molecular formula is C10H25IN2. The fourth-order valence-corrected chi connectivity index (χ4v) is 0.579. The van der Waals surface area contributed by atoms with Gasteiger partial charge in [0.2, 0.25) is 0 Å². The molecule has 0 bridgehead atoms. The SMILES string of the molecule is C=CNCCCCC.CN(C)C.I. The molecule has 0 fully saturated rings.